The molecule has 0 aliphatic rings. The Morgan fingerprint density at radius 3 is 2.44 bits per heavy atom. The molecule has 1 rings (SSSR count). The van der Waals surface area contributed by atoms with Crippen molar-refractivity contribution in [3.05, 3.63) is 23.7 Å². The molecule has 0 atom stereocenters. The minimum atomic E-state index is 0.444. The average molecular weight is 126 g/mol. The second-order valence-electron chi connectivity index (χ2n) is 1.83. The number of hydrogen-bond donors (Lipinski definition) is 2. The minimum Gasteiger partial charge on any atom is -0.468 e. The van der Waals surface area contributed by atoms with Crippen LogP contribution in [0.5, 0.6) is 0 Å². The highest BCUT2D eigenvalue weighted by Gasteiger charge is 1.95. The monoisotopic (exact) mass is 126 g/mol. The lowest BCUT2D eigenvalue weighted by Crippen LogP contribution is -1.95. The van der Waals surface area contributed by atoms with Gasteiger partial charge in [0.15, 0.2) is 0 Å². The Labute approximate surface area is 53.6 Å². The van der Waals surface area contributed by atoms with Crippen molar-refractivity contribution in [1.29, 1.82) is 0 Å². The van der Waals surface area contributed by atoms with Crippen molar-refractivity contribution in [2.45, 2.75) is 13.1 Å². The van der Waals surface area contributed by atoms with Crippen LogP contribution in [0.25, 0.3) is 0 Å². The van der Waals surface area contributed by atoms with Gasteiger partial charge in [-0.3, -0.25) is 0 Å². The first-order valence-electron chi connectivity index (χ1n) is 2.83. The summed E-state index contributed by atoms with van der Waals surface area (Å²) in [4.78, 5) is 0. The molecule has 0 aliphatic carbocycles. The molecular weight excluding hydrogens is 116 g/mol. The van der Waals surface area contributed by atoms with E-state index >= 15 is 0 Å². The van der Waals surface area contributed by atoms with E-state index in [-0.39, 0.29) is 0 Å². The van der Waals surface area contributed by atoms with Crippen molar-refractivity contribution in [3.63, 3.8) is 0 Å². The maximum atomic E-state index is 5.32. The molecule has 1 aromatic rings. The molecule has 0 saturated carbocycles. The van der Waals surface area contributed by atoms with Crippen LogP contribution in [0.3, 0.4) is 0 Å². The van der Waals surface area contributed by atoms with Crippen molar-refractivity contribution in [1.82, 2.24) is 0 Å². The van der Waals surface area contributed by atoms with Crippen molar-refractivity contribution in [2.24, 2.45) is 11.5 Å². The van der Waals surface area contributed by atoms with Gasteiger partial charge in [-0.15, -0.1) is 0 Å². The number of hydrogen-bond acceptors (Lipinski definition) is 3. The first-order valence-corrected chi connectivity index (χ1v) is 2.83. The lowest BCUT2D eigenvalue weighted by molar-refractivity contribution is 0.510. The highest BCUT2D eigenvalue weighted by Crippen LogP contribution is 2.04. The molecule has 0 aromatic carbocycles. The molecule has 0 bridgehead atoms. The van der Waals surface area contributed by atoms with Crippen LogP contribution in [0.2, 0.25) is 0 Å². The smallest absolute Gasteiger partial charge is 0.117 e. The summed E-state index contributed by atoms with van der Waals surface area (Å²) < 4.78 is 5.00. The van der Waals surface area contributed by atoms with Crippen molar-refractivity contribution >= 4 is 0 Å². The van der Waals surface area contributed by atoms with Gasteiger partial charge in [-0.05, 0) is 6.07 Å². The largest absolute Gasteiger partial charge is 0.468 e. The SMILES string of the molecule is NCc1coc(CN)c1. The fourth-order valence-corrected chi connectivity index (χ4v) is 0.640. The molecule has 0 spiro atoms. The van der Waals surface area contributed by atoms with E-state index < -0.39 is 0 Å². The molecule has 0 amide bonds. The molecule has 3 heteroatoms. The lowest BCUT2D eigenvalue weighted by atomic mass is 10.3. The Morgan fingerprint density at radius 2 is 2.11 bits per heavy atom. The Hall–Kier alpha value is -0.800. The predicted octanol–water partition coefficient (Wildman–Crippen LogP) is 0.197. The lowest BCUT2D eigenvalue weighted by Gasteiger charge is -1.81. The molecule has 0 radical (unpaired) electrons. The first-order chi connectivity index (χ1) is 4.36. The van der Waals surface area contributed by atoms with Gasteiger partial charge in [-0.1, -0.05) is 0 Å². The molecule has 50 valence electrons. The summed E-state index contributed by atoms with van der Waals surface area (Å²) in [5.41, 5.74) is 11.6. The summed E-state index contributed by atoms with van der Waals surface area (Å²) in [5.74, 6) is 0.787. The van der Waals surface area contributed by atoms with Crippen LogP contribution in [0.1, 0.15) is 11.3 Å². The summed E-state index contributed by atoms with van der Waals surface area (Å²) in [5, 5.41) is 0. The van der Waals surface area contributed by atoms with E-state index in [1.54, 1.807) is 6.26 Å². The summed E-state index contributed by atoms with van der Waals surface area (Å²) >= 11 is 0. The van der Waals surface area contributed by atoms with Crippen LogP contribution < -0.4 is 11.5 Å². The van der Waals surface area contributed by atoms with Gasteiger partial charge in [-0.25, -0.2) is 0 Å². The zero-order chi connectivity index (χ0) is 6.69. The van der Waals surface area contributed by atoms with Gasteiger partial charge in [0.2, 0.25) is 0 Å². The second-order valence-corrected chi connectivity index (χ2v) is 1.83. The van der Waals surface area contributed by atoms with Crippen LogP contribution in [-0.2, 0) is 13.1 Å². The molecule has 3 nitrogen and oxygen atoms in total. The normalized spacial score (nSPS) is 10.0. The Balaban J connectivity index is 2.74. The van der Waals surface area contributed by atoms with Crippen molar-refractivity contribution in [2.75, 3.05) is 0 Å². The summed E-state index contributed by atoms with van der Waals surface area (Å²) in [6.07, 6.45) is 1.63. The van der Waals surface area contributed by atoms with Gasteiger partial charge >= 0.3 is 0 Å². The maximum absolute atomic E-state index is 5.32. The number of furan rings is 1. The van der Waals surface area contributed by atoms with E-state index in [1.165, 1.54) is 0 Å². The average Bonchev–Trinajstić information content (AvgIpc) is 2.34. The quantitative estimate of drug-likeness (QED) is 0.594. The topological polar surface area (TPSA) is 65.2 Å². The van der Waals surface area contributed by atoms with Crippen LogP contribution in [0.15, 0.2) is 16.7 Å². The third-order valence-corrected chi connectivity index (χ3v) is 1.14. The van der Waals surface area contributed by atoms with E-state index in [2.05, 4.69) is 0 Å². The van der Waals surface area contributed by atoms with Crippen molar-refractivity contribution in [3.8, 4) is 0 Å². The molecule has 0 fully saturated rings. The molecule has 1 heterocycles. The van der Waals surface area contributed by atoms with Crippen LogP contribution in [0.4, 0.5) is 0 Å². The van der Waals surface area contributed by atoms with Crippen LogP contribution >= 0.6 is 0 Å². The van der Waals surface area contributed by atoms with Gasteiger partial charge < -0.3 is 15.9 Å². The third-order valence-electron chi connectivity index (χ3n) is 1.14. The van der Waals surface area contributed by atoms with Gasteiger partial charge in [-0.2, -0.15) is 0 Å². The molecule has 4 N–H and O–H groups in total. The van der Waals surface area contributed by atoms with E-state index in [9.17, 15) is 0 Å². The third kappa shape index (κ3) is 1.31. The first kappa shape index (κ1) is 6.32. The zero-order valence-electron chi connectivity index (χ0n) is 5.13. The van der Waals surface area contributed by atoms with E-state index in [0.717, 1.165) is 11.3 Å². The van der Waals surface area contributed by atoms with Crippen LogP contribution in [-0.4, -0.2) is 0 Å². The van der Waals surface area contributed by atoms with E-state index in [0.29, 0.717) is 13.1 Å². The highest BCUT2D eigenvalue weighted by molar-refractivity contribution is 5.11. The molecular formula is C6H10N2O. The zero-order valence-corrected chi connectivity index (χ0v) is 5.13. The second kappa shape index (κ2) is 2.66. The number of nitrogens with two attached hydrogens (primary N) is 2. The van der Waals surface area contributed by atoms with Gasteiger partial charge in [0, 0.05) is 12.1 Å². The fraction of sp³-hybridized carbons (Fsp3) is 0.333. The predicted molar refractivity (Wildman–Crippen MR) is 34.5 cm³/mol. The van der Waals surface area contributed by atoms with Gasteiger partial charge in [0.25, 0.3) is 0 Å². The Morgan fingerprint density at radius 1 is 1.33 bits per heavy atom. The standard InChI is InChI=1S/C6H10N2O/c7-2-5-1-6(3-8)9-4-5/h1,4H,2-3,7-8H2. The Kier molecular flexibility index (Phi) is 1.87. The number of rotatable bonds is 2. The molecule has 0 saturated heterocycles. The van der Waals surface area contributed by atoms with Gasteiger partial charge in [0.05, 0.1) is 12.8 Å². The molecule has 9 heavy (non-hydrogen) atoms. The van der Waals surface area contributed by atoms with E-state index in [1.807, 2.05) is 6.07 Å². The summed E-state index contributed by atoms with van der Waals surface area (Å²) in [6.45, 7) is 0.962. The molecule has 0 unspecified atom stereocenters. The molecule has 0 aliphatic heterocycles. The van der Waals surface area contributed by atoms with Crippen LogP contribution in [0, 0.1) is 0 Å². The van der Waals surface area contributed by atoms with Gasteiger partial charge in [0.1, 0.15) is 5.76 Å². The Bertz CT molecular complexity index is 164. The molecule has 1 aromatic heterocycles. The highest BCUT2D eigenvalue weighted by atomic mass is 16.3. The maximum Gasteiger partial charge on any atom is 0.117 e. The summed E-state index contributed by atoms with van der Waals surface area (Å²) in [7, 11) is 0. The van der Waals surface area contributed by atoms with Crippen molar-refractivity contribution < 1.29 is 4.42 Å². The fourth-order valence-electron chi connectivity index (χ4n) is 0.640. The van der Waals surface area contributed by atoms with E-state index in [4.69, 9.17) is 15.9 Å². The minimum absolute atomic E-state index is 0.444. The summed E-state index contributed by atoms with van der Waals surface area (Å²) in [6, 6.07) is 1.86.